The van der Waals surface area contributed by atoms with E-state index in [1.54, 1.807) is 0 Å². The smallest absolute Gasteiger partial charge is 0.104 e. The van der Waals surface area contributed by atoms with Crippen molar-refractivity contribution in [1.29, 1.82) is 0 Å². The molecular formula is C13H18N2S. The van der Waals surface area contributed by atoms with E-state index in [1.165, 1.54) is 24.9 Å². The predicted octanol–water partition coefficient (Wildman–Crippen LogP) is 2.62. The van der Waals surface area contributed by atoms with Crippen LogP contribution in [0.3, 0.4) is 0 Å². The molecule has 86 valence electrons. The van der Waals surface area contributed by atoms with Crippen molar-refractivity contribution >= 4 is 22.9 Å². The molecule has 1 aliphatic rings. The number of anilines is 1. The van der Waals surface area contributed by atoms with Gasteiger partial charge in [-0.25, -0.2) is 0 Å². The summed E-state index contributed by atoms with van der Waals surface area (Å²) in [5.41, 5.74) is 9.07. The van der Waals surface area contributed by atoms with Crippen molar-refractivity contribution in [3.05, 3.63) is 29.3 Å². The molecule has 0 bridgehead atoms. The summed E-state index contributed by atoms with van der Waals surface area (Å²) in [6.45, 7) is 2.06. The fraction of sp³-hybridized carbons (Fsp3) is 0.462. The molecule has 0 saturated heterocycles. The highest BCUT2D eigenvalue weighted by molar-refractivity contribution is 7.80. The van der Waals surface area contributed by atoms with Gasteiger partial charge >= 0.3 is 0 Å². The normalized spacial score (nSPS) is 15.6. The second-order valence-corrected chi connectivity index (χ2v) is 5.00. The molecule has 0 heterocycles. The van der Waals surface area contributed by atoms with E-state index in [0.29, 0.717) is 4.99 Å². The minimum Gasteiger partial charge on any atom is -0.389 e. The molecule has 0 atom stereocenters. The Morgan fingerprint density at radius 1 is 1.44 bits per heavy atom. The lowest BCUT2D eigenvalue weighted by Gasteiger charge is -2.36. The second-order valence-electron chi connectivity index (χ2n) is 4.56. The summed E-state index contributed by atoms with van der Waals surface area (Å²) in [5.74, 6) is 0. The minimum atomic E-state index is 0.482. The van der Waals surface area contributed by atoms with Gasteiger partial charge in [0, 0.05) is 24.3 Å². The Hall–Kier alpha value is -1.09. The molecule has 0 spiro atoms. The second kappa shape index (κ2) is 4.42. The van der Waals surface area contributed by atoms with Gasteiger partial charge in [-0.3, -0.25) is 0 Å². The van der Waals surface area contributed by atoms with Crippen LogP contribution in [0.1, 0.15) is 30.4 Å². The molecule has 1 fully saturated rings. The van der Waals surface area contributed by atoms with Crippen LogP contribution in [0.25, 0.3) is 0 Å². The van der Waals surface area contributed by atoms with E-state index >= 15 is 0 Å². The number of rotatable bonds is 3. The highest BCUT2D eigenvalue weighted by Crippen LogP contribution is 2.29. The van der Waals surface area contributed by atoms with Crippen LogP contribution in [0.5, 0.6) is 0 Å². The number of thiocarbonyl (C=S) groups is 1. The zero-order valence-electron chi connectivity index (χ0n) is 9.86. The average Bonchev–Trinajstić information content (AvgIpc) is 2.14. The zero-order valence-corrected chi connectivity index (χ0v) is 10.7. The van der Waals surface area contributed by atoms with E-state index in [9.17, 15) is 0 Å². The fourth-order valence-corrected chi connectivity index (χ4v) is 2.36. The van der Waals surface area contributed by atoms with E-state index in [2.05, 4.69) is 31.0 Å². The van der Waals surface area contributed by atoms with Gasteiger partial charge in [0.15, 0.2) is 0 Å². The largest absolute Gasteiger partial charge is 0.389 e. The minimum absolute atomic E-state index is 0.482. The highest BCUT2D eigenvalue weighted by atomic mass is 32.1. The van der Waals surface area contributed by atoms with E-state index in [4.69, 9.17) is 18.0 Å². The quantitative estimate of drug-likeness (QED) is 0.815. The Bertz CT molecular complexity index is 410. The molecule has 3 heteroatoms. The highest BCUT2D eigenvalue weighted by Gasteiger charge is 2.22. The number of benzene rings is 1. The topological polar surface area (TPSA) is 29.3 Å². The molecule has 0 aliphatic heterocycles. The number of nitrogens with zero attached hydrogens (tertiary/aromatic N) is 1. The van der Waals surface area contributed by atoms with Crippen molar-refractivity contribution in [2.45, 2.75) is 32.2 Å². The van der Waals surface area contributed by atoms with Gasteiger partial charge in [0.1, 0.15) is 4.99 Å². The molecular weight excluding hydrogens is 216 g/mol. The Morgan fingerprint density at radius 2 is 2.12 bits per heavy atom. The summed E-state index contributed by atoms with van der Waals surface area (Å²) < 4.78 is 0. The average molecular weight is 234 g/mol. The third-order valence-electron chi connectivity index (χ3n) is 3.51. The first-order chi connectivity index (χ1) is 7.59. The third-order valence-corrected chi connectivity index (χ3v) is 3.73. The fourth-order valence-electron chi connectivity index (χ4n) is 2.13. The van der Waals surface area contributed by atoms with Gasteiger partial charge in [-0.15, -0.1) is 0 Å². The van der Waals surface area contributed by atoms with Crippen molar-refractivity contribution in [2.24, 2.45) is 5.73 Å². The standard InChI is InChI=1S/C13H18N2S/c1-9-8-11(6-7-12(9)13(14)16)15(2)10-4-3-5-10/h6-8,10H,3-5H2,1-2H3,(H2,14,16). The monoisotopic (exact) mass is 234 g/mol. The first-order valence-electron chi connectivity index (χ1n) is 5.73. The Labute approximate surface area is 102 Å². The number of hydrogen-bond donors (Lipinski definition) is 1. The summed E-state index contributed by atoms with van der Waals surface area (Å²) in [7, 11) is 2.17. The first kappa shape index (κ1) is 11.4. The van der Waals surface area contributed by atoms with Crippen molar-refractivity contribution < 1.29 is 0 Å². The van der Waals surface area contributed by atoms with Gasteiger partial charge in [-0.1, -0.05) is 12.2 Å². The lowest BCUT2D eigenvalue weighted by Crippen LogP contribution is -2.37. The SMILES string of the molecule is Cc1cc(N(C)C2CCC2)ccc1C(N)=S. The Morgan fingerprint density at radius 3 is 2.56 bits per heavy atom. The summed E-state index contributed by atoms with van der Waals surface area (Å²) in [4.78, 5) is 2.84. The van der Waals surface area contributed by atoms with Crippen LogP contribution in [0, 0.1) is 6.92 Å². The summed E-state index contributed by atoms with van der Waals surface area (Å²) >= 11 is 5.01. The van der Waals surface area contributed by atoms with Crippen molar-refractivity contribution in [3.63, 3.8) is 0 Å². The molecule has 0 unspecified atom stereocenters. The summed E-state index contributed by atoms with van der Waals surface area (Å²) in [6, 6.07) is 7.03. The van der Waals surface area contributed by atoms with Crippen molar-refractivity contribution in [1.82, 2.24) is 0 Å². The van der Waals surface area contributed by atoms with Crippen LogP contribution < -0.4 is 10.6 Å². The van der Waals surface area contributed by atoms with Crippen LogP contribution >= 0.6 is 12.2 Å². The predicted molar refractivity (Wildman–Crippen MR) is 73.1 cm³/mol. The number of aryl methyl sites for hydroxylation is 1. The van der Waals surface area contributed by atoms with Crippen LogP contribution in [0.15, 0.2) is 18.2 Å². The van der Waals surface area contributed by atoms with Crippen molar-refractivity contribution in [2.75, 3.05) is 11.9 Å². The first-order valence-corrected chi connectivity index (χ1v) is 6.13. The molecule has 0 radical (unpaired) electrons. The van der Waals surface area contributed by atoms with Crippen molar-refractivity contribution in [3.8, 4) is 0 Å². The molecule has 1 saturated carbocycles. The van der Waals surface area contributed by atoms with E-state index in [1.807, 2.05) is 6.07 Å². The molecule has 2 rings (SSSR count). The molecule has 0 amide bonds. The number of nitrogens with two attached hydrogens (primary N) is 1. The lowest BCUT2D eigenvalue weighted by atomic mass is 9.91. The van der Waals surface area contributed by atoms with Crippen LogP contribution in [-0.4, -0.2) is 18.1 Å². The maximum atomic E-state index is 5.66. The summed E-state index contributed by atoms with van der Waals surface area (Å²) in [6.07, 6.45) is 3.98. The molecule has 16 heavy (non-hydrogen) atoms. The van der Waals surface area contributed by atoms with E-state index in [-0.39, 0.29) is 0 Å². The van der Waals surface area contributed by atoms with Gasteiger partial charge in [0.25, 0.3) is 0 Å². The zero-order chi connectivity index (χ0) is 11.7. The van der Waals surface area contributed by atoms with Crippen LogP contribution in [-0.2, 0) is 0 Å². The van der Waals surface area contributed by atoms with Crippen LogP contribution in [0.2, 0.25) is 0 Å². The molecule has 1 aliphatic carbocycles. The Kier molecular flexibility index (Phi) is 3.15. The molecule has 2 nitrogen and oxygen atoms in total. The maximum Gasteiger partial charge on any atom is 0.104 e. The maximum absolute atomic E-state index is 5.66. The van der Waals surface area contributed by atoms with Gasteiger partial charge in [-0.05, 0) is 49.9 Å². The van der Waals surface area contributed by atoms with E-state index in [0.717, 1.165) is 17.2 Å². The van der Waals surface area contributed by atoms with E-state index < -0.39 is 0 Å². The van der Waals surface area contributed by atoms with Gasteiger partial charge in [0.05, 0.1) is 0 Å². The molecule has 2 N–H and O–H groups in total. The number of hydrogen-bond acceptors (Lipinski definition) is 2. The van der Waals surface area contributed by atoms with Crippen LogP contribution in [0.4, 0.5) is 5.69 Å². The van der Waals surface area contributed by atoms with Gasteiger partial charge < -0.3 is 10.6 Å². The molecule has 1 aromatic carbocycles. The third kappa shape index (κ3) is 2.05. The van der Waals surface area contributed by atoms with Gasteiger partial charge in [0.2, 0.25) is 0 Å². The molecule has 0 aromatic heterocycles. The lowest BCUT2D eigenvalue weighted by molar-refractivity contribution is 0.401. The van der Waals surface area contributed by atoms with Gasteiger partial charge in [-0.2, -0.15) is 0 Å². The molecule has 1 aromatic rings. The Balaban J connectivity index is 2.22. The summed E-state index contributed by atoms with van der Waals surface area (Å²) in [5, 5.41) is 0.